The Morgan fingerprint density at radius 3 is 2.53 bits per heavy atom. The molecule has 0 saturated heterocycles. The van der Waals surface area contributed by atoms with Crippen molar-refractivity contribution in [1.82, 2.24) is 5.32 Å². The highest BCUT2D eigenvalue weighted by Gasteiger charge is 2.31. The zero-order chi connectivity index (χ0) is 14.5. The number of carboxylic acid groups (broad SMARTS) is 1. The maximum atomic E-state index is 12.1. The molecule has 1 rings (SSSR count). The smallest absolute Gasteiger partial charge is 0.306 e. The van der Waals surface area contributed by atoms with E-state index in [0.29, 0.717) is 26.0 Å². The molecule has 0 heterocycles. The Hall–Kier alpha value is -1.10. The second-order valence-corrected chi connectivity index (χ2v) is 5.81. The Bertz CT molecular complexity index is 327. The standard InChI is InChI=1S/C14H25NO4/c1-4-19-14(2,3)9-15-12(16)10-6-5-7-11(8-10)13(17)18/h10-11H,4-9H2,1-3H3,(H,15,16)(H,17,18). The van der Waals surface area contributed by atoms with Gasteiger partial charge in [-0.2, -0.15) is 0 Å². The van der Waals surface area contributed by atoms with Crippen LogP contribution >= 0.6 is 0 Å². The maximum Gasteiger partial charge on any atom is 0.306 e. The quantitative estimate of drug-likeness (QED) is 0.772. The summed E-state index contributed by atoms with van der Waals surface area (Å²) in [4.78, 5) is 23.0. The van der Waals surface area contributed by atoms with Gasteiger partial charge < -0.3 is 15.2 Å². The lowest BCUT2D eigenvalue weighted by Gasteiger charge is -2.29. The molecule has 1 aliphatic rings. The van der Waals surface area contributed by atoms with Crippen molar-refractivity contribution in [3.63, 3.8) is 0 Å². The number of amides is 1. The van der Waals surface area contributed by atoms with E-state index in [0.717, 1.165) is 12.8 Å². The van der Waals surface area contributed by atoms with E-state index in [9.17, 15) is 9.59 Å². The Kier molecular flexibility index (Phi) is 5.79. The molecule has 1 aliphatic carbocycles. The molecule has 0 bridgehead atoms. The third-order valence-corrected chi connectivity index (χ3v) is 3.62. The SMILES string of the molecule is CCOC(C)(C)CNC(=O)C1CCCC(C(=O)O)C1. The van der Waals surface area contributed by atoms with Gasteiger partial charge in [-0.1, -0.05) is 6.42 Å². The van der Waals surface area contributed by atoms with Gasteiger partial charge in [0, 0.05) is 19.1 Å². The number of carboxylic acids is 1. The number of nitrogens with one attached hydrogen (secondary N) is 1. The molecule has 19 heavy (non-hydrogen) atoms. The molecule has 0 aromatic carbocycles. The highest BCUT2D eigenvalue weighted by Crippen LogP contribution is 2.29. The molecule has 1 amide bonds. The van der Waals surface area contributed by atoms with Crippen LogP contribution in [0.4, 0.5) is 0 Å². The molecule has 2 unspecified atom stereocenters. The second-order valence-electron chi connectivity index (χ2n) is 5.81. The Morgan fingerprint density at radius 1 is 1.32 bits per heavy atom. The van der Waals surface area contributed by atoms with E-state index in [1.54, 1.807) is 0 Å². The molecule has 2 atom stereocenters. The van der Waals surface area contributed by atoms with Gasteiger partial charge in [-0.3, -0.25) is 9.59 Å². The topological polar surface area (TPSA) is 75.6 Å². The van der Waals surface area contributed by atoms with E-state index in [-0.39, 0.29) is 23.3 Å². The van der Waals surface area contributed by atoms with Gasteiger partial charge in [0.2, 0.25) is 5.91 Å². The molecule has 0 radical (unpaired) electrons. The van der Waals surface area contributed by atoms with Gasteiger partial charge in [0.25, 0.3) is 0 Å². The lowest BCUT2D eigenvalue weighted by Crippen LogP contribution is -2.43. The number of carbonyl (C=O) groups excluding carboxylic acids is 1. The fourth-order valence-electron chi connectivity index (χ4n) is 2.54. The van der Waals surface area contributed by atoms with Gasteiger partial charge in [-0.15, -0.1) is 0 Å². The van der Waals surface area contributed by atoms with E-state index in [1.165, 1.54) is 0 Å². The van der Waals surface area contributed by atoms with Crippen LogP contribution in [0, 0.1) is 11.8 Å². The summed E-state index contributed by atoms with van der Waals surface area (Å²) >= 11 is 0. The lowest BCUT2D eigenvalue weighted by atomic mass is 9.81. The number of hydrogen-bond donors (Lipinski definition) is 2. The molecule has 5 nitrogen and oxygen atoms in total. The van der Waals surface area contributed by atoms with Crippen LogP contribution in [0.3, 0.4) is 0 Å². The fraction of sp³-hybridized carbons (Fsp3) is 0.857. The van der Waals surface area contributed by atoms with Crippen LogP contribution < -0.4 is 5.32 Å². The van der Waals surface area contributed by atoms with E-state index in [1.807, 2.05) is 20.8 Å². The minimum Gasteiger partial charge on any atom is -0.481 e. The first-order valence-electron chi connectivity index (χ1n) is 7.00. The van der Waals surface area contributed by atoms with Gasteiger partial charge in [0.15, 0.2) is 0 Å². The Labute approximate surface area is 114 Å². The molecule has 5 heteroatoms. The van der Waals surface area contributed by atoms with Gasteiger partial charge in [0.1, 0.15) is 0 Å². The van der Waals surface area contributed by atoms with Crippen molar-refractivity contribution in [2.24, 2.45) is 11.8 Å². The summed E-state index contributed by atoms with van der Waals surface area (Å²) in [5.74, 6) is -1.37. The minimum atomic E-state index is -0.785. The zero-order valence-electron chi connectivity index (χ0n) is 12.1. The van der Waals surface area contributed by atoms with E-state index < -0.39 is 5.97 Å². The highest BCUT2D eigenvalue weighted by atomic mass is 16.5. The van der Waals surface area contributed by atoms with Crippen molar-refractivity contribution in [3.05, 3.63) is 0 Å². The fourth-order valence-corrected chi connectivity index (χ4v) is 2.54. The van der Waals surface area contributed by atoms with Crippen LogP contribution in [-0.4, -0.2) is 35.7 Å². The third-order valence-electron chi connectivity index (χ3n) is 3.62. The van der Waals surface area contributed by atoms with Gasteiger partial charge in [-0.25, -0.2) is 0 Å². The largest absolute Gasteiger partial charge is 0.481 e. The molecule has 0 aliphatic heterocycles. The average molecular weight is 271 g/mol. The van der Waals surface area contributed by atoms with Crippen LogP contribution in [0.2, 0.25) is 0 Å². The summed E-state index contributed by atoms with van der Waals surface area (Å²) < 4.78 is 5.52. The van der Waals surface area contributed by atoms with Crippen LogP contribution in [0.5, 0.6) is 0 Å². The van der Waals surface area contributed by atoms with Gasteiger partial charge in [-0.05, 0) is 40.0 Å². The van der Waals surface area contributed by atoms with Gasteiger partial charge in [0.05, 0.1) is 11.5 Å². The lowest BCUT2D eigenvalue weighted by molar-refractivity contribution is -0.144. The van der Waals surface area contributed by atoms with Crippen molar-refractivity contribution >= 4 is 11.9 Å². The van der Waals surface area contributed by atoms with Crippen LogP contribution in [0.1, 0.15) is 46.5 Å². The average Bonchev–Trinajstić information content (AvgIpc) is 2.36. The van der Waals surface area contributed by atoms with Crippen molar-refractivity contribution in [2.45, 2.75) is 52.1 Å². The summed E-state index contributed by atoms with van der Waals surface area (Å²) in [5, 5.41) is 11.9. The summed E-state index contributed by atoms with van der Waals surface area (Å²) in [7, 11) is 0. The first kappa shape index (κ1) is 16.0. The summed E-state index contributed by atoms with van der Waals surface area (Å²) in [6.45, 7) is 6.83. The van der Waals surface area contributed by atoms with E-state index in [4.69, 9.17) is 9.84 Å². The van der Waals surface area contributed by atoms with Crippen LogP contribution in [0.15, 0.2) is 0 Å². The van der Waals surface area contributed by atoms with Crippen molar-refractivity contribution in [2.75, 3.05) is 13.2 Å². The molecular weight excluding hydrogens is 246 g/mol. The first-order valence-corrected chi connectivity index (χ1v) is 7.00. The summed E-state index contributed by atoms with van der Waals surface area (Å²) in [5.41, 5.74) is -0.384. The Balaban J connectivity index is 2.43. The zero-order valence-corrected chi connectivity index (χ0v) is 12.1. The van der Waals surface area contributed by atoms with E-state index in [2.05, 4.69) is 5.32 Å². The molecule has 0 aromatic heterocycles. The summed E-state index contributed by atoms with van der Waals surface area (Å²) in [6.07, 6.45) is 2.73. The first-order chi connectivity index (χ1) is 8.85. The maximum absolute atomic E-state index is 12.1. The van der Waals surface area contributed by atoms with Crippen molar-refractivity contribution in [3.8, 4) is 0 Å². The highest BCUT2D eigenvalue weighted by molar-refractivity contribution is 5.80. The van der Waals surface area contributed by atoms with E-state index >= 15 is 0 Å². The molecule has 0 aromatic rings. The number of rotatable bonds is 6. The molecule has 0 spiro atoms. The number of aliphatic carboxylic acids is 1. The Morgan fingerprint density at radius 2 is 1.95 bits per heavy atom. The number of ether oxygens (including phenoxy) is 1. The molecule has 1 saturated carbocycles. The second kappa shape index (κ2) is 6.89. The molecular formula is C14H25NO4. The minimum absolute atomic E-state index is 0.0428. The predicted molar refractivity (Wildman–Crippen MR) is 71.8 cm³/mol. The monoisotopic (exact) mass is 271 g/mol. The number of carbonyl (C=O) groups is 2. The molecule has 110 valence electrons. The van der Waals surface area contributed by atoms with Gasteiger partial charge >= 0.3 is 5.97 Å². The normalized spacial score (nSPS) is 23.9. The van der Waals surface area contributed by atoms with Crippen molar-refractivity contribution in [1.29, 1.82) is 0 Å². The van der Waals surface area contributed by atoms with Crippen molar-refractivity contribution < 1.29 is 19.4 Å². The molecule has 1 fully saturated rings. The third kappa shape index (κ3) is 5.19. The summed E-state index contributed by atoms with van der Waals surface area (Å²) in [6, 6.07) is 0. The molecule has 2 N–H and O–H groups in total. The predicted octanol–water partition coefficient (Wildman–Crippen LogP) is 1.81. The van der Waals surface area contributed by atoms with Crippen LogP contribution in [0.25, 0.3) is 0 Å². The van der Waals surface area contributed by atoms with Crippen LogP contribution in [-0.2, 0) is 14.3 Å². The number of hydrogen-bond acceptors (Lipinski definition) is 3.